The van der Waals surface area contributed by atoms with Crippen LogP contribution >= 0.6 is 24.0 Å². The van der Waals surface area contributed by atoms with Crippen LogP contribution in [0.1, 0.15) is 11.1 Å². The molecule has 0 aliphatic carbocycles. The maximum Gasteiger partial charge on any atom is 0.184 e. The summed E-state index contributed by atoms with van der Waals surface area (Å²) < 4.78 is 13.1. The monoisotopic (exact) mass is 319 g/mol. The Hall–Kier alpha value is -1.92. The number of halogens is 1. The van der Waals surface area contributed by atoms with Crippen LogP contribution in [-0.2, 0) is 0 Å². The molecule has 0 bridgehead atoms. The van der Waals surface area contributed by atoms with E-state index in [2.05, 4.69) is 10.5 Å². The van der Waals surface area contributed by atoms with Gasteiger partial charge in [0.05, 0.1) is 5.71 Å². The largest absolute Gasteiger partial charge is 0.375 e. The second-order valence-corrected chi connectivity index (χ2v) is 5.49. The van der Waals surface area contributed by atoms with Gasteiger partial charge in [-0.05, 0) is 54.9 Å². The lowest BCUT2D eigenvalue weighted by molar-refractivity contribution is 0.628. The number of hydrazone groups is 1. The molecule has 0 saturated heterocycles. The van der Waals surface area contributed by atoms with Crippen LogP contribution in [-0.4, -0.2) is 17.1 Å². The van der Waals surface area contributed by atoms with Crippen molar-refractivity contribution in [3.63, 3.8) is 0 Å². The van der Waals surface area contributed by atoms with Crippen molar-refractivity contribution in [1.29, 1.82) is 0 Å². The summed E-state index contributed by atoms with van der Waals surface area (Å²) >= 11 is 6.43. The van der Waals surface area contributed by atoms with Gasteiger partial charge in [0.2, 0.25) is 0 Å². The van der Waals surface area contributed by atoms with Crippen molar-refractivity contribution >= 4 is 34.8 Å². The van der Waals surface area contributed by atoms with Crippen LogP contribution < -0.4 is 11.2 Å². The van der Waals surface area contributed by atoms with Crippen molar-refractivity contribution < 1.29 is 4.39 Å². The minimum atomic E-state index is -0.293. The van der Waals surface area contributed by atoms with Crippen molar-refractivity contribution in [2.24, 2.45) is 10.8 Å². The summed E-state index contributed by atoms with van der Waals surface area (Å²) in [5.41, 5.74) is 10.3. The first-order valence-corrected chi connectivity index (χ1v) is 7.77. The molecule has 0 aliphatic rings. The molecule has 0 aliphatic heterocycles. The van der Waals surface area contributed by atoms with E-state index in [1.807, 2.05) is 30.5 Å². The van der Waals surface area contributed by atoms with Gasteiger partial charge >= 0.3 is 0 Å². The second kappa shape index (κ2) is 7.19. The van der Waals surface area contributed by atoms with Gasteiger partial charge in [-0.25, -0.2) is 4.39 Å². The molecular formula is C15H14FN3S2. The summed E-state index contributed by atoms with van der Waals surface area (Å²) in [6, 6.07) is 14.0. The van der Waals surface area contributed by atoms with E-state index in [1.165, 1.54) is 12.1 Å². The molecular weight excluding hydrogens is 305 g/mol. The number of thioether (sulfide) groups is 1. The molecule has 3 N–H and O–H groups in total. The highest BCUT2D eigenvalue weighted by Gasteiger charge is 2.08. The smallest absolute Gasteiger partial charge is 0.184 e. The van der Waals surface area contributed by atoms with Gasteiger partial charge in [0, 0.05) is 16.0 Å². The van der Waals surface area contributed by atoms with E-state index >= 15 is 0 Å². The van der Waals surface area contributed by atoms with Gasteiger partial charge in [-0.1, -0.05) is 12.1 Å². The molecule has 3 nitrogen and oxygen atoms in total. The molecule has 0 amide bonds. The van der Waals surface area contributed by atoms with E-state index in [-0.39, 0.29) is 10.9 Å². The third-order valence-corrected chi connectivity index (χ3v) is 3.59. The molecule has 6 heteroatoms. The Morgan fingerprint density at radius 3 is 2.10 bits per heavy atom. The van der Waals surface area contributed by atoms with Crippen LogP contribution in [0, 0.1) is 5.82 Å². The predicted octanol–water partition coefficient (Wildman–Crippen LogP) is 3.13. The first-order valence-electron chi connectivity index (χ1n) is 6.13. The highest BCUT2D eigenvalue weighted by Crippen LogP contribution is 2.17. The number of hydrogen-bond acceptors (Lipinski definition) is 3. The fourth-order valence-corrected chi connectivity index (χ4v) is 2.22. The molecule has 2 aromatic rings. The minimum absolute atomic E-state index is 0.0790. The van der Waals surface area contributed by atoms with Crippen molar-refractivity contribution in [1.82, 2.24) is 5.43 Å². The third-order valence-electron chi connectivity index (χ3n) is 2.76. The van der Waals surface area contributed by atoms with Gasteiger partial charge in [0.15, 0.2) is 5.11 Å². The molecule has 2 rings (SSSR count). The van der Waals surface area contributed by atoms with E-state index in [0.29, 0.717) is 5.71 Å². The van der Waals surface area contributed by atoms with E-state index in [4.69, 9.17) is 18.0 Å². The Morgan fingerprint density at radius 2 is 1.62 bits per heavy atom. The lowest BCUT2D eigenvalue weighted by Crippen LogP contribution is -2.26. The van der Waals surface area contributed by atoms with Gasteiger partial charge in [-0.3, -0.25) is 5.43 Å². The molecule has 0 unspecified atom stereocenters. The Morgan fingerprint density at radius 1 is 1.10 bits per heavy atom. The first kappa shape index (κ1) is 15.5. The van der Waals surface area contributed by atoms with E-state index in [0.717, 1.165) is 16.0 Å². The molecule has 0 heterocycles. The van der Waals surface area contributed by atoms with Gasteiger partial charge in [-0.2, -0.15) is 5.10 Å². The van der Waals surface area contributed by atoms with Gasteiger partial charge < -0.3 is 5.73 Å². The zero-order chi connectivity index (χ0) is 15.2. The molecule has 2 aromatic carbocycles. The fourth-order valence-electron chi connectivity index (χ4n) is 1.76. The Bertz CT molecular complexity index is 652. The molecule has 0 fully saturated rings. The number of rotatable bonds is 4. The number of thiocarbonyl (C=S) groups is 1. The quantitative estimate of drug-likeness (QED) is 0.393. The zero-order valence-corrected chi connectivity index (χ0v) is 13.0. The molecule has 21 heavy (non-hydrogen) atoms. The average Bonchev–Trinajstić information content (AvgIpc) is 2.49. The standard InChI is InChI=1S/C15H14FN3S2/c1-21-13-8-4-11(5-9-13)14(18-19-15(17)20)10-2-6-12(16)7-3-10/h2-9H,1H3,(H3,17,19,20)/b18-14+. The van der Waals surface area contributed by atoms with Crippen LogP contribution in [0.3, 0.4) is 0 Å². The molecule has 0 saturated carbocycles. The summed E-state index contributed by atoms with van der Waals surface area (Å²) in [6.07, 6.45) is 2.01. The lowest BCUT2D eigenvalue weighted by atomic mass is 10.0. The summed E-state index contributed by atoms with van der Waals surface area (Å²) in [7, 11) is 0. The van der Waals surface area contributed by atoms with Crippen molar-refractivity contribution in [2.75, 3.05) is 6.26 Å². The normalized spacial score (nSPS) is 11.2. The molecule has 0 aromatic heterocycles. The summed E-state index contributed by atoms with van der Waals surface area (Å²) in [5.74, 6) is -0.293. The van der Waals surface area contributed by atoms with Crippen molar-refractivity contribution in [2.45, 2.75) is 4.90 Å². The summed E-state index contributed by atoms with van der Waals surface area (Å²) in [5, 5.41) is 4.30. The van der Waals surface area contributed by atoms with Crippen LogP contribution in [0.25, 0.3) is 0 Å². The lowest BCUT2D eigenvalue weighted by Gasteiger charge is -2.08. The molecule has 108 valence electrons. The van der Waals surface area contributed by atoms with Crippen molar-refractivity contribution in [3.8, 4) is 0 Å². The first-order chi connectivity index (χ1) is 10.1. The maximum absolute atomic E-state index is 13.1. The molecule has 0 atom stereocenters. The summed E-state index contributed by atoms with van der Waals surface area (Å²) in [6.45, 7) is 0. The minimum Gasteiger partial charge on any atom is -0.375 e. The molecule has 0 radical (unpaired) electrons. The van der Waals surface area contributed by atoms with Crippen LogP contribution in [0.5, 0.6) is 0 Å². The van der Waals surface area contributed by atoms with E-state index < -0.39 is 0 Å². The van der Waals surface area contributed by atoms with E-state index in [1.54, 1.807) is 23.9 Å². The average molecular weight is 319 g/mol. The second-order valence-electron chi connectivity index (χ2n) is 4.17. The SMILES string of the molecule is CSc1ccc(/C(=N/NC(N)=S)c2ccc(F)cc2)cc1. The highest BCUT2D eigenvalue weighted by molar-refractivity contribution is 7.98. The van der Waals surface area contributed by atoms with Crippen molar-refractivity contribution in [3.05, 3.63) is 65.5 Å². The number of hydrogen-bond donors (Lipinski definition) is 2. The van der Waals surface area contributed by atoms with Crippen LogP contribution in [0.2, 0.25) is 0 Å². The fraction of sp³-hybridized carbons (Fsp3) is 0.0667. The van der Waals surface area contributed by atoms with Gasteiger partial charge in [0.1, 0.15) is 5.82 Å². The third kappa shape index (κ3) is 4.27. The van der Waals surface area contributed by atoms with Crippen LogP contribution in [0.4, 0.5) is 4.39 Å². The van der Waals surface area contributed by atoms with Gasteiger partial charge in [0.25, 0.3) is 0 Å². The van der Waals surface area contributed by atoms with Crippen LogP contribution in [0.15, 0.2) is 58.5 Å². The number of nitrogens with two attached hydrogens (primary N) is 1. The predicted molar refractivity (Wildman–Crippen MR) is 90.2 cm³/mol. The molecule has 0 spiro atoms. The topological polar surface area (TPSA) is 50.4 Å². The van der Waals surface area contributed by atoms with Gasteiger partial charge in [-0.15, -0.1) is 11.8 Å². The zero-order valence-electron chi connectivity index (χ0n) is 11.3. The highest BCUT2D eigenvalue weighted by atomic mass is 32.2. The number of nitrogens with one attached hydrogen (secondary N) is 1. The van der Waals surface area contributed by atoms with E-state index in [9.17, 15) is 4.39 Å². The Kier molecular flexibility index (Phi) is 5.30. The Labute approximate surface area is 132 Å². The Balaban J connectivity index is 2.41. The summed E-state index contributed by atoms with van der Waals surface area (Å²) in [4.78, 5) is 1.15. The maximum atomic E-state index is 13.1. The number of benzene rings is 2. The number of nitrogens with zero attached hydrogens (tertiary/aromatic N) is 1.